The highest BCUT2D eigenvalue weighted by atomic mass is 16.5. The fourth-order valence-corrected chi connectivity index (χ4v) is 0.448. The summed E-state index contributed by atoms with van der Waals surface area (Å²) in [6, 6.07) is 0. The van der Waals surface area contributed by atoms with Crippen LogP contribution in [0.3, 0.4) is 0 Å². The molecule has 0 spiro atoms. The van der Waals surface area contributed by atoms with E-state index in [0.29, 0.717) is 12.3 Å². The van der Waals surface area contributed by atoms with Gasteiger partial charge in [0.15, 0.2) is 6.40 Å². The Morgan fingerprint density at radius 3 is 2.91 bits per heavy atom. The Hall–Kier alpha value is -1.31. The molecule has 0 aliphatic carbocycles. The van der Waals surface area contributed by atoms with E-state index in [0.717, 1.165) is 0 Å². The zero-order valence-electron chi connectivity index (χ0n) is 6.79. The molecular weight excluding hydrogens is 138 g/mol. The smallest absolute Gasteiger partial charge is 0.176 e. The summed E-state index contributed by atoms with van der Waals surface area (Å²) in [4.78, 5) is 3.85. The molecule has 0 atom stereocenters. The summed E-state index contributed by atoms with van der Waals surface area (Å²) >= 11 is 0. The second kappa shape index (κ2) is 6.81. The van der Waals surface area contributed by atoms with E-state index in [4.69, 9.17) is 4.74 Å². The molecule has 0 rings (SSSR count). The first-order valence-corrected chi connectivity index (χ1v) is 3.38. The lowest BCUT2D eigenvalue weighted by Crippen LogP contribution is -1.84. The van der Waals surface area contributed by atoms with E-state index in [1.165, 1.54) is 6.40 Å². The molecule has 0 bridgehead atoms. The molecule has 0 radical (unpaired) electrons. The molecule has 0 amide bonds. The number of aliphatic imine (C=N–C) groups is 1. The van der Waals surface area contributed by atoms with Gasteiger partial charge in [-0.2, -0.15) is 0 Å². The van der Waals surface area contributed by atoms with Gasteiger partial charge >= 0.3 is 0 Å². The number of allylic oxidation sites excluding steroid dienone is 2. The maximum absolute atomic E-state index is 4.96. The molecule has 11 heavy (non-hydrogen) atoms. The van der Waals surface area contributed by atoms with Crippen molar-refractivity contribution >= 4 is 6.40 Å². The van der Waals surface area contributed by atoms with Crippen molar-refractivity contribution in [1.29, 1.82) is 0 Å². The average molecular weight is 151 g/mol. The summed E-state index contributed by atoms with van der Waals surface area (Å²) in [5.41, 5.74) is 0. The van der Waals surface area contributed by atoms with Gasteiger partial charge < -0.3 is 4.74 Å². The van der Waals surface area contributed by atoms with Crippen molar-refractivity contribution in [2.75, 3.05) is 6.54 Å². The SMILES string of the molecule is C=CC/N=C\OC(=C)/C=C\C. The molecule has 0 N–H and O–H groups in total. The van der Waals surface area contributed by atoms with Crippen LogP contribution in [0.15, 0.2) is 42.1 Å². The fraction of sp³-hybridized carbons (Fsp3) is 0.222. The van der Waals surface area contributed by atoms with Crippen LogP contribution in [0.2, 0.25) is 0 Å². The predicted octanol–water partition coefficient (Wildman–Crippen LogP) is 2.31. The van der Waals surface area contributed by atoms with Gasteiger partial charge in [-0.25, -0.2) is 0 Å². The molecule has 0 aliphatic rings. The summed E-state index contributed by atoms with van der Waals surface area (Å²) in [5.74, 6) is 0.584. The normalized spacial score (nSPS) is 10.6. The van der Waals surface area contributed by atoms with Crippen LogP contribution in [-0.2, 0) is 4.74 Å². The third-order valence-corrected chi connectivity index (χ3v) is 0.866. The third-order valence-electron chi connectivity index (χ3n) is 0.866. The molecule has 0 unspecified atom stereocenters. The van der Waals surface area contributed by atoms with Crippen molar-refractivity contribution in [2.24, 2.45) is 4.99 Å². The number of nitrogens with zero attached hydrogens (tertiary/aromatic N) is 1. The summed E-state index contributed by atoms with van der Waals surface area (Å²) in [5, 5.41) is 0. The first kappa shape index (κ1) is 9.69. The monoisotopic (exact) mass is 151 g/mol. The lowest BCUT2D eigenvalue weighted by molar-refractivity contribution is 0.455. The zero-order valence-corrected chi connectivity index (χ0v) is 6.79. The topological polar surface area (TPSA) is 21.6 Å². The van der Waals surface area contributed by atoms with Crippen LogP contribution in [-0.4, -0.2) is 12.9 Å². The van der Waals surface area contributed by atoms with Gasteiger partial charge in [0.1, 0.15) is 5.76 Å². The Balaban J connectivity index is 3.52. The second-order valence-electron chi connectivity index (χ2n) is 1.84. The maximum Gasteiger partial charge on any atom is 0.176 e. The minimum absolute atomic E-state index is 0.573. The van der Waals surface area contributed by atoms with E-state index < -0.39 is 0 Å². The molecule has 0 aromatic heterocycles. The Kier molecular flexibility index (Phi) is 5.99. The number of hydrogen-bond acceptors (Lipinski definition) is 2. The predicted molar refractivity (Wildman–Crippen MR) is 48.6 cm³/mol. The lowest BCUT2D eigenvalue weighted by atomic mass is 10.5. The molecule has 0 fully saturated rings. The third kappa shape index (κ3) is 6.58. The van der Waals surface area contributed by atoms with Gasteiger partial charge in [0.2, 0.25) is 0 Å². The summed E-state index contributed by atoms with van der Waals surface area (Å²) in [7, 11) is 0. The van der Waals surface area contributed by atoms with Crippen LogP contribution in [0, 0.1) is 0 Å². The van der Waals surface area contributed by atoms with E-state index in [1.807, 2.05) is 13.0 Å². The molecule has 0 saturated carbocycles. The molecule has 0 aromatic carbocycles. The minimum atomic E-state index is 0.573. The van der Waals surface area contributed by atoms with Crippen molar-refractivity contribution in [3.05, 3.63) is 37.1 Å². The molecule has 0 aromatic rings. The first-order chi connectivity index (χ1) is 5.31. The summed E-state index contributed by atoms with van der Waals surface area (Å²) in [6.07, 6.45) is 6.67. The van der Waals surface area contributed by atoms with Gasteiger partial charge in [0.05, 0.1) is 6.54 Å². The summed E-state index contributed by atoms with van der Waals surface area (Å²) < 4.78 is 4.96. The number of hydrogen-bond donors (Lipinski definition) is 0. The van der Waals surface area contributed by atoms with Crippen LogP contribution in [0.5, 0.6) is 0 Å². The van der Waals surface area contributed by atoms with Crippen LogP contribution >= 0.6 is 0 Å². The van der Waals surface area contributed by atoms with Crippen LogP contribution in [0.25, 0.3) is 0 Å². The summed E-state index contributed by atoms with van der Waals surface area (Å²) in [6.45, 7) is 9.59. The molecule has 60 valence electrons. The van der Waals surface area contributed by atoms with Crippen molar-refractivity contribution in [2.45, 2.75) is 6.92 Å². The first-order valence-electron chi connectivity index (χ1n) is 3.38. The number of ether oxygens (including phenoxy) is 1. The zero-order chi connectivity index (χ0) is 8.53. The van der Waals surface area contributed by atoms with E-state index in [1.54, 1.807) is 12.2 Å². The highest BCUT2D eigenvalue weighted by Gasteiger charge is 1.80. The van der Waals surface area contributed by atoms with Gasteiger partial charge in [0.25, 0.3) is 0 Å². The molecule has 0 heterocycles. The van der Waals surface area contributed by atoms with Crippen LogP contribution < -0.4 is 0 Å². The Bertz CT molecular complexity index is 180. The van der Waals surface area contributed by atoms with E-state index in [9.17, 15) is 0 Å². The van der Waals surface area contributed by atoms with E-state index in [-0.39, 0.29) is 0 Å². The highest BCUT2D eigenvalue weighted by molar-refractivity contribution is 5.49. The molecule has 0 saturated heterocycles. The molecule has 2 heteroatoms. The molecule has 2 nitrogen and oxygen atoms in total. The van der Waals surface area contributed by atoms with Crippen molar-refractivity contribution in [1.82, 2.24) is 0 Å². The fourth-order valence-electron chi connectivity index (χ4n) is 0.448. The van der Waals surface area contributed by atoms with Crippen molar-refractivity contribution in [3.8, 4) is 0 Å². The lowest BCUT2D eigenvalue weighted by Gasteiger charge is -1.94. The van der Waals surface area contributed by atoms with Gasteiger partial charge in [-0.3, -0.25) is 4.99 Å². The minimum Gasteiger partial charge on any atom is -0.447 e. The quantitative estimate of drug-likeness (QED) is 0.194. The van der Waals surface area contributed by atoms with Crippen LogP contribution in [0.1, 0.15) is 6.92 Å². The Morgan fingerprint density at radius 2 is 2.36 bits per heavy atom. The van der Waals surface area contributed by atoms with E-state index >= 15 is 0 Å². The van der Waals surface area contributed by atoms with Crippen LogP contribution in [0.4, 0.5) is 0 Å². The standard InChI is InChI=1S/C9H13NO/c1-4-6-9(3)11-8-10-7-5-2/h4-6,8H,2-3,7H2,1H3/b6-4-,10-8-. The van der Waals surface area contributed by atoms with Gasteiger partial charge in [0, 0.05) is 0 Å². The second-order valence-corrected chi connectivity index (χ2v) is 1.84. The number of rotatable bonds is 5. The van der Waals surface area contributed by atoms with Crippen molar-refractivity contribution < 1.29 is 4.74 Å². The van der Waals surface area contributed by atoms with Gasteiger partial charge in [-0.15, -0.1) is 6.58 Å². The highest BCUT2D eigenvalue weighted by Crippen LogP contribution is 1.91. The maximum atomic E-state index is 4.96. The van der Waals surface area contributed by atoms with Gasteiger partial charge in [-0.1, -0.05) is 18.7 Å². The average Bonchev–Trinajstić information content (AvgIpc) is 1.99. The molecule has 0 aliphatic heterocycles. The Labute approximate surface area is 67.6 Å². The largest absolute Gasteiger partial charge is 0.447 e. The van der Waals surface area contributed by atoms with E-state index in [2.05, 4.69) is 18.2 Å². The Morgan fingerprint density at radius 1 is 1.64 bits per heavy atom. The molecular formula is C9H13NO. The van der Waals surface area contributed by atoms with Gasteiger partial charge in [-0.05, 0) is 13.0 Å². The van der Waals surface area contributed by atoms with Crippen molar-refractivity contribution in [3.63, 3.8) is 0 Å².